The van der Waals surface area contributed by atoms with Crippen molar-refractivity contribution in [1.82, 2.24) is 5.43 Å². The van der Waals surface area contributed by atoms with Gasteiger partial charge < -0.3 is 10.8 Å². The molecule has 5 nitrogen and oxygen atoms in total. The van der Waals surface area contributed by atoms with Crippen molar-refractivity contribution >= 4 is 12.2 Å². The number of phenols is 1. The molecule has 13 heavy (non-hydrogen) atoms. The van der Waals surface area contributed by atoms with Crippen molar-refractivity contribution in [3.63, 3.8) is 0 Å². The second kappa shape index (κ2) is 4.10. The SMILES string of the molecule is NC(=O)NN=Cc1cccc(O)c1. The highest BCUT2D eigenvalue weighted by Crippen LogP contribution is 2.08. The van der Waals surface area contributed by atoms with Gasteiger partial charge in [0.05, 0.1) is 6.21 Å². The summed E-state index contributed by atoms with van der Waals surface area (Å²) in [7, 11) is 0. The molecule has 1 aromatic rings. The van der Waals surface area contributed by atoms with Crippen LogP contribution in [-0.2, 0) is 0 Å². The minimum absolute atomic E-state index is 0.142. The summed E-state index contributed by atoms with van der Waals surface area (Å²) in [4.78, 5) is 10.2. The number of carbonyl (C=O) groups is 1. The zero-order chi connectivity index (χ0) is 9.68. The second-order valence-corrected chi connectivity index (χ2v) is 2.33. The second-order valence-electron chi connectivity index (χ2n) is 2.33. The van der Waals surface area contributed by atoms with E-state index in [0.29, 0.717) is 5.56 Å². The number of benzene rings is 1. The summed E-state index contributed by atoms with van der Waals surface area (Å²) in [5.41, 5.74) is 7.49. The lowest BCUT2D eigenvalue weighted by Crippen LogP contribution is -2.24. The molecule has 68 valence electrons. The van der Waals surface area contributed by atoms with Crippen molar-refractivity contribution in [3.05, 3.63) is 29.8 Å². The Bertz CT molecular complexity index is 336. The van der Waals surface area contributed by atoms with E-state index in [1.165, 1.54) is 12.3 Å². The number of carbonyl (C=O) groups excluding carboxylic acids is 1. The van der Waals surface area contributed by atoms with Crippen molar-refractivity contribution in [3.8, 4) is 5.75 Å². The predicted molar refractivity (Wildman–Crippen MR) is 48.4 cm³/mol. The van der Waals surface area contributed by atoms with Crippen molar-refractivity contribution in [2.45, 2.75) is 0 Å². The summed E-state index contributed by atoms with van der Waals surface area (Å²) in [6.45, 7) is 0. The third-order valence-electron chi connectivity index (χ3n) is 1.26. The Hall–Kier alpha value is -2.04. The van der Waals surface area contributed by atoms with E-state index in [1.807, 2.05) is 5.43 Å². The highest BCUT2D eigenvalue weighted by atomic mass is 16.3. The number of phenolic OH excluding ortho intramolecular Hbond substituents is 1. The summed E-state index contributed by atoms with van der Waals surface area (Å²) in [6.07, 6.45) is 1.38. The van der Waals surface area contributed by atoms with Crippen LogP contribution in [0.1, 0.15) is 5.56 Å². The van der Waals surface area contributed by atoms with Crippen LogP contribution in [0.25, 0.3) is 0 Å². The van der Waals surface area contributed by atoms with Gasteiger partial charge >= 0.3 is 6.03 Å². The summed E-state index contributed by atoms with van der Waals surface area (Å²) in [5.74, 6) is 0.142. The van der Waals surface area contributed by atoms with E-state index in [-0.39, 0.29) is 5.75 Å². The van der Waals surface area contributed by atoms with Crippen LogP contribution in [0.5, 0.6) is 5.75 Å². The van der Waals surface area contributed by atoms with Crippen LogP contribution in [0, 0.1) is 0 Å². The standard InChI is InChI=1S/C8H9N3O2/c9-8(13)11-10-5-6-2-1-3-7(12)4-6/h1-5,12H,(H3,9,11,13). The molecule has 5 heteroatoms. The Kier molecular flexibility index (Phi) is 2.86. The van der Waals surface area contributed by atoms with Crippen LogP contribution in [0.2, 0.25) is 0 Å². The maximum absolute atomic E-state index is 10.2. The average Bonchev–Trinajstić information content (AvgIpc) is 2.03. The molecule has 0 aromatic heterocycles. The first-order valence-corrected chi connectivity index (χ1v) is 3.56. The molecular weight excluding hydrogens is 170 g/mol. The van der Waals surface area contributed by atoms with Crippen molar-refractivity contribution < 1.29 is 9.90 Å². The van der Waals surface area contributed by atoms with E-state index in [1.54, 1.807) is 18.2 Å². The number of hydrazone groups is 1. The molecule has 0 saturated carbocycles. The van der Waals surface area contributed by atoms with E-state index in [0.717, 1.165) is 0 Å². The van der Waals surface area contributed by atoms with Gasteiger partial charge in [-0.25, -0.2) is 10.2 Å². The molecule has 0 aliphatic carbocycles. The monoisotopic (exact) mass is 179 g/mol. The van der Waals surface area contributed by atoms with Crippen LogP contribution in [0.3, 0.4) is 0 Å². The molecule has 1 aromatic carbocycles. The molecule has 1 rings (SSSR count). The molecule has 0 aliphatic heterocycles. The van der Waals surface area contributed by atoms with E-state index < -0.39 is 6.03 Å². The number of nitrogens with two attached hydrogens (primary N) is 1. The Balaban J connectivity index is 2.63. The first-order chi connectivity index (χ1) is 6.18. The molecule has 0 saturated heterocycles. The van der Waals surface area contributed by atoms with Gasteiger partial charge in [0.25, 0.3) is 0 Å². The zero-order valence-electron chi connectivity index (χ0n) is 6.77. The Morgan fingerprint density at radius 1 is 1.62 bits per heavy atom. The Morgan fingerprint density at radius 2 is 2.38 bits per heavy atom. The molecule has 0 unspecified atom stereocenters. The van der Waals surface area contributed by atoms with Gasteiger partial charge in [-0.05, 0) is 17.7 Å². The van der Waals surface area contributed by atoms with Gasteiger partial charge in [0.15, 0.2) is 0 Å². The summed E-state index contributed by atoms with van der Waals surface area (Å²) < 4.78 is 0. The molecule has 0 spiro atoms. The number of urea groups is 1. The smallest absolute Gasteiger partial charge is 0.332 e. The van der Waals surface area contributed by atoms with Gasteiger partial charge in [0.1, 0.15) is 5.75 Å². The van der Waals surface area contributed by atoms with Crippen molar-refractivity contribution in [2.24, 2.45) is 10.8 Å². The molecule has 2 amide bonds. The molecule has 0 aliphatic rings. The molecular formula is C8H9N3O2. The topological polar surface area (TPSA) is 87.7 Å². The fourth-order valence-corrected chi connectivity index (χ4v) is 0.776. The number of hydrogen-bond donors (Lipinski definition) is 3. The van der Waals surface area contributed by atoms with Crippen LogP contribution in [-0.4, -0.2) is 17.4 Å². The van der Waals surface area contributed by atoms with Crippen LogP contribution < -0.4 is 11.2 Å². The number of hydrogen-bond acceptors (Lipinski definition) is 3. The largest absolute Gasteiger partial charge is 0.508 e. The first-order valence-electron chi connectivity index (χ1n) is 3.56. The average molecular weight is 179 g/mol. The first kappa shape index (κ1) is 9.05. The lowest BCUT2D eigenvalue weighted by atomic mass is 10.2. The molecule has 0 fully saturated rings. The molecule has 0 atom stereocenters. The predicted octanol–water partition coefficient (Wildman–Crippen LogP) is 0.394. The summed E-state index contributed by atoms with van der Waals surface area (Å²) >= 11 is 0. The summed E-state index contributed by atoms with van der Waals surface area (Å²) in [5, 5.41) is 12.6. The van der Waals surface area contributed by atoms with Crippen molar-refractivity contribution in [1.29, 1.82) is 0 Å². The molecule has 0 radical (unpaired) electrons. The van der Waals surface area contributed by atoms with Crippen LogP contribution in [0.4, 0.5) is 4.79 Å². The van der Waals surface area contributed by atoms with E-state index in [9.17, 15) is 4.79 Å². The highest BCUT2D eigenvalue weighted by Gasteiger charge is 1.90. The van der Waals surface area contributed by atoms with Gasteiger partial charge in [-0.15, -0.1) is 0 Å². The molecule has 0 bridgehead atoms. The minimum Gasteiger partial charge on any atom is -0.508 e. The van der Waals surface area contributed by atoms with Gasteiger partial charge in [0.2, 0.25) is 0 Å². The van der Waals surface area contributed by atoms with Crippen molar-refractivity contribution in [2.75, 3.05) is 0 Å². The third kappa shape index (κ3) is 3.24. The highest BCUT2D eigenvalue weighted by molar-refractivity contribution is 5.81. The number of amides is 2. The van der Waals surface area contributed by atoms with Crippen LogP contribution in [0.15, 0.2) is 29.4 Å². The normalized spacial score (nSPS) is 10.2. The lowest BCUT2D eigenvalue weighted by molar-refractivity contribution is 0.249. The van der Waals surface area contributed by atoms with Gasteiger partial charge in [-0.1, -0.05) is 12.1 Å². The fourth-order valence-electron chi connectivity index (χ4n) is 0.776. The molecule has 0 heterocycles. The lowest BCUT2D eigenvalue weighted by Gasteiger charge is -1.94. The quantitative estimate of drug-likeness (QED) is 0.453. The van der Waals surface area contributed by atoms with E-state index in [4.69, 9.17) is 10.8 Å². The number of primary amides is 1. The number of rotatable bonds is 2. The maximum atomic E-state index is 10.2. The zero-order valence-corrected chi connectivity index (χ0v) is 6.77. The van der Waals surface area contributed by atoms with E-state index >= 15 is 0 Å². The fraction of sp³-hybridized carbons (Fsp3) is 0. The molecule has 4 N–H and O–H groups in total. The Labute approximate surface area is 74.9 Å². The third-order valence-corrected chi connectivity index (χ3v) is 1.26. The number of nitrogens with zero attached hydrogens (tertiary/aromatic N) is 1. The number of nitrogens with one attached hydrogen (secondary N) is 1. The van der Waals surface area contributed by atoms with E-state index in [2.05, 4.69) is 5.10 Å². The number of aromatic hydroxyl groups is 1. The van der Waals surface area contributed by atoms with Gasteiger partial charge in [-0.3, -0.25) is 0 Å². The van der Waals surface area contributed by atoms with Gasteiger partial charge in [-0.2, -0.15) is 5.10 Å². The summed E-state index contributed by atoms with van der Waals surface area (Å²) in [6, 6.07) is 5.72. The minimum atomic E-state index is -0.726. The van der Waals surface area contributed by atoms with Gasteiger partial charge in [0, 0.05) is 0 Å². The van der Waals surface area contributed by atoms with Crippen LogP contribution >= 0.6 is 0 Å². The maximum Gasteiger partial charge on any atom is 0.332 e. The Morgan fingerprint density at radius 3 is 3.00 bits per heavy atom.